The molecule has 23 heavy (non-hydrogen) atoms. The molecule has 2 saturated carbocycles. The van der Waals surface area contributed by atoms with Gasteiger partial charge in [-0.05, 0) is 24.7 Å². The van der Waals surface area contributed by atoms with Gasteiger partial charge in [0.1, 0.15) is 0 Å². The molecule has 0 radical (unpaired) electrons. The number of hydrogen-bond acceptors (Lipinski definition) is 5. The fourth-order valence-electron chi connectivity index (χ4n) is 4.76. The molecule has 0 aromatic rings. The Balaban J connectivity index is 1.52. The van der Waals surface area contributed by atoms with Gasteiger partial charge >= 0.3 is 0 Å². The molecule has 5 nitrogen and oxygen atoms in total. The fourth-order valence-corrected chi connectivity index (χ4v) is 4.76. The first kappa shape index (κ1) is 17.6. The maximum atomic E-state index is 3.86. The normalized spacial score (nSPS) is 38.6. The predicted octanol–water partition coefficient (Wildman–Crippen LogP) is 0.285. The first-order valence-corrected chi connectivity index (χ1v) is 10.0. The van der Waals surface area contributed by atoms with E-state index in [2.05, 4.69) is 26.6 Å². The van der Waals surface area contributed by atoms with Crippen molar-refractivity contribution in [2.45, 2.75) is 50.6 Å². The molecule has 0 aromatic carbocycles. The summed E-state index contributed by atoms with van der Waals surface area (Å²) in [4.78, 5) is 0. The second kappa shape index (κ2) is 9.94. The lowest BCUT2D eigenvalue weighted by molar-refractivity contribution is 0.113. The van der Waals surface area contributed by atoms with E-state index in [-0.39, 0.29) is 0 Å². The van der Waals surface area contributed by atoms with Crippen LogP contribution < -0.4 is 26.6 Å². The summed E-state index contributed by atoms with van der Waals surface area (Å²) in [6.45, 7) is 8.62. The third kappa shape index (κ3) is 5.68. The van der Waals surface area contributed by atoms with Crippen LogP contribution in [0.25, 0.3) is 0 Å². The summed E-state index contributed by atoms with van der Waals surface area (Å²) in [5.74, 6) is 1.97. The molecule has 1 heterocycles. The third-order valence-electron chi connectivity index (χ3n) is 6.04. The summed E-state index contributed by atoms with van der Waals surface area (Å²) in [6, 6.07) is 1.33. The van der Waals surface area contributed by atoms with Crippen LogP contribution in [0.1, 0.15) is 38.5 Å². The van der Waals surface area contributed by atoms with Crippen LogP contribution in [0, 0.1) is 11.8 Å². The van der Waals surface area contributed by atoms with Crippen LogP contribution in [0.4, 0.5) is 0 Å². The van der Waals surface area contributed by atoms with Crippen molar-refractivity contribution in [1.82, 2.24) is 26.6 Å². The van der Waals surface area contributed by atoms with Crippen molar-refractivity contribution < 1.29 is 0 Å². The van der Waals surface area contributed by atoms with E-state index in [1.54, 1.807) is 0 Å². The molecular formula is C18H37N5. The number of rotatable bonds is 0. The van der Waals surface area contributed by atoms with Gasteiger partial charge in [0.15, 0.2) is 0 Å². The van der Waals surface area contributed by atoms with Crippen LogP contribution in [-0.2, 0) is 0 Å². The fraction of sp³-hybridized carbons (Fsp3) is 1.00. The Morgan fingerprint density at radius 2 is 0.870 bits per heavy atom. The number of nitrogens with one attached hydrogen (secondary N) is 5. The lowest BCUT2D eigenvalue weighted by Gasteiger charge is -2.44. The predicted molar refractivity (Wildman–Crippen MR) is 96.9 cm³/mol. The largest absolute Gasteiger partial charge is 0.314 e. The quantitative estimate of drug-likeness (QED) is 0.443. The minimum absolute atomic E-state index is 0.666. The molecule has 3 rings (SSSR count). The molecule has 1 aliphatic heterocycles. The second-order valence-corrected chi connectivity index (χ2v) is 7.65. The Morgan fingerprint density at radius 3 is 1.30 bits per heavy atom. The Labute approximate surface area is 142 Å². The molecule has 3 fully saturated rings. The Kier molecular flexibility index (Phi) is 7.62. The van der Waals surface area contributed by atoms with Gasteiger partial charge in [-0.1, -0.05) is 25.7 Å². The van der Waals surface area contributed by atoms with Gasteiger partial charge in [0.05, 0.1) is 0 Å². The third-order valence-corrected chi connectivity index (χ3v) is 6.04. The molecule has 0 aromatic heterocycles. The summed E-state index contributed by atoms with van der Waals surface area (Å²) >= 11 is 0. The molecule has 0 bridgehead atoms. The lowest BCUT2D eigenvalue weighted by Crippen LogP contribution is -2.56. The van der Waals surface area contributed by atoms with Crippen molar-refractivity contribution in [1.29, 1.82) is 0 Å². The van der Waals surface area contributed by atoms with Crippen LogP contribution in [0.5, 0.6) is 0 Å². The van der Waals surface area contributed by atoms with Crippen molar-refractivity contribution in [3.8, 4) is 0 Å². The summed E-state index contributed by atoms with van der Waals surface area (Å²) < 4.78 is 0. The molecule has 5 N–H and O–H groups in total. The Hall–Kier alpha value is -0.200. The highest BCUT2D eigenvalue weighted by Gasteiger charge is 2.37. The summed E-state index contributed by atoms with van der Waals surface area (Å²) in [5, 5.41) is 18.3. The SMILES string of the molecule is C1CC[C@@H]2C[C@@H]3NCCNCCNCCNCCN[C@H]3C[C@H]2C1. The van der Waals surface area contributed by atoms with Gasteiger partial charge in [-0.25, -0.2) is 0 Å². The zero-order valence-electron chi connectivity index (χ0n) is 14.7. The smallest absolute Gasteiger partial charge is 0.0224 e. The molecule has 0 spiro atoms. The molecule has 0 amide bonds. The average molecular weight is 324 g/mol. The van der Waals surface area contributed by atoms with Crippen molar-refractivity contribution in [2.75, 3.05) is 52.4 Å². The minimum atomic E-state index is 0.666. The highest BCUT2D eigenvalue weighted by Crippen LogP contribution is 2.40. The molecule has 4 atom stereocenters. The van der Waals surface area contributed by atoms with Gasteiger partial charge in [-0.2, -0.15) is 0 Å². The van der Waals surface area contributed by atoms with Gasteiger partial charge in [0.25, 0.3) is 0 Å². The monoisotopic (exact) mass is 323 g/mol. The maximum Gasteiger partial charge on any atom is 0.0224 e. The lowest BCUT2D eigenvalue weighted by atomic mass is 9.67. The molecule has 134 valence electrons. The van der Waals surface area contributed by atoms with Crippen LogP contribution in [0.3, 0.4) is 0 Å². The van der Waals surface area contributed by atoms with Crippen molar-refractivity contribution in [3.63, 3.8) is 0 Å². The van der Waals surface area contributed by atoms with E-state index < -0.39 is 0 Å². The zero-order chi connectivity index (χ0) is 15.7. The van der Waals surface area contributed by atoms with Crippen LogP contribution in [-0.4, -0.2) is 64.4 Å². The first-order chi connectivity index (χ1) is 11.4. The molecule has 5 heteroatoms. The zero-order valence-corrected chi connectivity index (χ0v) is 14.7. The van der Waals surface area contributed by atoms with E-state index >= 15 is 0 Å². The first-order valence-electron chi connectivity index (χ1n) is 10.0. The molecule has 0 unspecified atom stereocenters. The number of fused-ring (bicyclic) bond motifs is 2. The van der Waals surface area contributed by atoms with Crippen LogP contribution >= 0.6 is 0 Å². The van der Waals surface area contributed by atoms with Crippen LogP contribution in [0.2, 0.25) is 0 Å². The van der Waals surface area contributed by atoms with E-state index in [1.807, 2.05) is 0 Å². The number of hydrogen-bond donors (Lipinski definition) is 5. The summed E-state index contributed by atoms with van der Waals surface area (Å²) in [6.07, 6.45) is 8.64. The van der Waals surface area contributed by atoms with Gasteiger partial charge in [0, 0.05) is 64.4 Å². The molecular weight excluding hydrogens is 286 g/mol. The van der Waals surface area contributed by atoms with E-state index in [4.69, 9.17) is 0 Å². The van der Waals surface area contributed by atoms with Crippen molar-refractivity contribution in [3.05, 3.63) is 0 Å². The standard InChI is InChI=1S/C18H37N5/c1-2-4-16-14-18-17(13-15(16)3-1)22-11-9-20-7-5-19-6-8-21-10-12-23-18/h15-23H,1-14H2/t15-,16-,17+,18+/m1/s1. The van der Waals surface area contributed by atoms with E-state index in [1.165, 1.54) is 38.5 Å². The molecule has 3 aliphatic rings. The van der Waals surface area contributed by atoms with Gasteiger partial charge in [0.2, 0.25) is 0 Å². The van der Waals surface area contributed by atoms with Gasteiger partial charge < -0.3 is 26.6 Å². The van der Waals surface area contributed by atoms with Gasteiger partial charge in [-0.3, -0.25) is 0 Å². The van der Waals surface area contributed by atoms with Crippen molar-refractivity contribution >= 4 is 0 Å². The highest BCUT2D eigenvalue weighted by molar-refractivity contribution is 4.95. The highest BCUT2D eigenvalue weighted by atomic mass is 15.1. The molecule has 1 saturated heterocycles. The molecule has 2 aliphatic carbocycles. The Morgan fingerprint density at radius 1 is 0.478 bits per heavy atom. The van der Waals surface area contributed by atoms with Gasteiger partial charge in [-0.15, -0.1) is 0 Å². The topological polar surface area (TPSA) is 60.1 Å². The summed E-state index contributed by atoms with van der Waals surface area (Å²) in [5.41, 5.74) is 0. The van der Waals surface area contributed by atoms with E-state index in [0.29, 0.717) is 12.1 Å². The van der Waals surface area contributed by atoms with E-state index in [9.17, 15) is 0 Å². The van der Waals surface area contributed by atoms with Crippen molar-refractivity contribution in [2.24, 2.45) is 11.8 Å². The average Bonchev–Trinajstić information content (AvgIpc) is 2.59. The maximum absolute atomic E-state index is 3.86. The van der Waals surface area contributed by atoms with E-state index in [0.717, 1.165) is 64.2 Å². The Bertz CT molecular complexity index is 295. The van der Waals surface area contributed by atoms with Crippen LogP contribution in [0.15, 0.2) is 0 Å². The minimum Gasteiger partial charge on any atom is -0.314 e. The second-order valence-electron chi connectivity index (χ2n) is 7.65. The summed E-state index contributed by atoms with van der Waals surface area (Å²) in [7, 11) is 0.